The van der Waals surface area contributed by atoms with Crippen LogP contribution in [0.2, 0.25) is 0 Å². The van der Waals surface area contributed by atoms with Gasteiger partial charge in [0.1, 0.15) is 0 Å². The minimum atomic E-state index is 0.0198. The minimum absolute atomic E-state index is 0.0198. The van der Waals surface area contributed by atoms with Crippen molar-refractivity contribution < 1.29 is 9.53 Å². The maximum atomic E-state index is 11.8. The molecular weight excluding hydrogens is 368 g/mol. The number of carbonyl (C=O) groups excluding carboxylic acids is 1. The average molecular weight is 425 g/mol. The predicted molar refractivity (Wildman–Crippen MR) is 133 cm³/mol. The maximum Gasteiger partial charge on any atom is 0.305 e. The van der Waals surface area contributed by atoms with E-state index in [1.54, 1.807) is 0 Å². The van der Waals surface area contributed by atoms with Crippen LogP contribution in [0.3, 0.4) is 0 Å². The van der Waals surface area contributed by atoms with E-state index < -0.39 is 0 Å². The summed E-state index contributed by atoms with van der Waals surface area (Å²) in [6, 6.07) is 0. The Morgan fingerprint density at radius 3 is 1.43 bits per heavy atom. The van der Waals surface area contributed by atoms with E-state index in [0.29, 0.717) is 13.0 Å². The molecule has 0 aliphatic carbocycles. The Morgan fingerprint density at radius 1 is 0.567 bits per heavy atom. The molecule has 30 heavy (non-hydrogen) atoms. The second kappa shape index (κ2) is 24.7. The lowest BCUT2D eigenvalue weighted by molar-refractivity contribution is -0.143. The van der Waals surface area contributed by atoms with E-state index in [-0.39, 0.29) is 5.97 Å². The van der Waals surface area contributed by atoms with Crippen molar-refractivity contribution in [2.45, 2.75) is 162 Å². The molecule has 0 aromatic carbocycles. The summed E-state index contributed by atoms with van der Waals surface area (Å²) >= 11 is 0. The summed E-state index contributed by atoms with van der Waals surface area (Å²) in [5.41, 5.74) is 0. The summed E-state index contributed by atoms with van der Waals surface area (Å²) in [4.78, 5) is 11.8. The summed E-state index contributed by atoms with van der Waals surface area (Å²) in [6.45, 7) is 7.54. The predicted octanol–water partition coefficient (Wildman–Crippen LogP) is 9.79. The molecule has 0 saturated carbocycles. The van der Waals surface area contributed by atoms with E-state index in [4.69, 9.17) is 4.74 Å². The van der Waals surface area contributed by atoms with E-state index in [1.807, 2.05) is 0 Å². The molecule has 180 valence electrons. The normalized spacial score (nSPS) is 11.3. The lowest BCUT2D eigenvalue weighted by Gasteiger charge is -2.06. The summed E-state index contributed by atoms with van der Waals surface area (Å²) in [6.07, 6.45) is 28.4. The standard InChI is InChI=1S/C28H56O2/c1-4-5-6-7-8-12-16-19-22-25-28(29)30-26-23-20-17-14-11-9-10-13-15-18-21-24-27(2)3/h27H,4-26H2,1-3H3. The molecule has 0 fully saturated rings. The van der Waals surface area contributed by atoms with Crippen molar-refractivity contribution in [1.82, 2.24) is 0 Å². The third kappa shape index (κ3) is 25.5. The minimum Gasteiger partial charge on any atom is -0.466 e. The third-order valence-corrected chi connectivity index (χ3v) is 6.17. The molecule has 0 atom stereocenters. The lowest BCUT2D eigenvalue weighted by atomic mass is 10.0. The van der Waals surface area contributed by atoms with Gasteiger partial charge in [0.15, 0.2) is 0 Å². The smallest absolute Gasteiger partial charge is 0.305 e. The Hall–Kier alpha value is -0.530. The van der Waals surface area contributed by atoms with Gasteiger partial charge in [-0.25, -0.2) is 0 Å². The van der Waals surface area contributed by atoms with Gasteiger partial charge in [0.05, 0.1) is 6.61 Å². The molecule has 2 nitrogen and oxygen atoms in total. The van der Waals surface area contributed by atoms with Crippen molar-refractivity contribution >= 4 is 5.97 Å². The number of hydrogen-bond donors (Lipinski definition) is 0. The van der Waals surface area contributed by atoms with Crippen molar-refractivity contribution in [3.63, 3.8) is 0 Å². The summed E-state index contributed by atoms with van der Waals surface area (Å²) in [5.74, 6) is 0.888. The van der Waals surface area contributed by atoms with Crippen molar-refractivity contribution in [3.05, 3.63) is 0 Å². The van der Waals surface area contributed by atoms with Crippen molar-refractivity contribution in [2.75, 3.05) is 6.61 Å². The highest BCUT2D eigenvalue weighted by atomic mass is 16.5. The van der Waals surface area contributed by atoms with E-state index in [1.165, 1.54) is 122 Å². The SMILES string of the molecule is CCCCCCCCCCCC(=O)OCCCCCCCCCCCCCC(C)C. The zero-order valence-corrected chi connectivity index (χ0v) is 21.2. The molecule has 0 radical (unpaired) electrons. The molecule has 0 unspecified atom stereocenters. The van der Waals surface area contributed by atoms with Gasteiger partial charge in [-0.1, -0.05) is 143 Å². The zero-order chi connectivity index (χ0) is 22.1. The molecule has 0 heterocycles. The van der Waals surface area contributed by atoms with Crippen LogP contribution in [0.25, 0.3) is 0 Å². The Bertz CT molecular complexity index is 338. The first-order valence-corrected chi connectivity index (χ1v) is 13.8. The Balaban J connectivity index is 3.14. The van der Waals surface area contributed by atoms with E-state index in [2.05, 4.69) is 20.8 Å². The summed E-state index contributed by atoms with van der Waals surface area (Å²) in [7, 11) is 0. The number of esters is 1. The molecular formula is C28H56O2. The fourth-order valence-electron chi connectivity index (χ4n) is 4.08. The Morgan fingerprint density at radius 2 is 0.967 bits per heavy atom. The molecule has 0 aliphatic rings. The zero-order valence-electron chi connectivity index (χ0n) is 21.2. The van der Waals surface area contributed by atoms with Gasteiger partial charge >= 0.3 is 5.97 Å². The number of hydrogen-bond acceptors (Lipinski definition) is 2. The van der Waals surface area contributed by atoms with Gasteiger partial charge in [0.25, 0.3) is 0 Å². The van der Waals surface area contributed by atoms with Gasteiger partial charge in [-0.3, -0.25) is 4.79 Å². The maximum absolute atomic E-state index is 11.8. The second-order valence-electron chi connectivity index (χ2n) is 9.87. The van der Waals surface area contributed by atoms with E-state index >= 15 is 0 Å². The van der Waals surface area contributed by atoms with Crippen LogP contribution in [0.5, 0.6) is 0 Å². The van der Waals surface area contributed by atoms with Gasteiger partial charge in [0, 0.05) is 6.42 Å². The van der Waals surface area contributed by atoms with Gasteiger partial charge in [-0.15, -0.1) is 0 Å². The molecule has 0 aromatic rings. The first kappa shape index (κ1) is 29.5. The molecule has 2 heteroatoms. The van der Waals surface area contributed by atoms with Crippen LogP contribution < -0.4 is 0 Å². The van der Waals surface area contributed by atoms with Crippen LogP contribution in [0.4, 0.5) is 0 Å². The molecule has 0 spiro atoms. The summed E-state index contributed by atoms with van der Waals surface area (Å²) in [5, 5.41) is 0. The largest absolute Gasteiger partial charge is 0.466 e. The lowest BCUT2D eigenvalue weighted by Crippen LogP contribution is -2.05. The van der Waals surface area contributed by atoms with Gasteiger partial charge < -0.3 is 4.74 Å². The number of ether oxygens (including phenoxy) is 1. The number of unbranched alkanes of at least 4 members (excludes halogenated alkanes) is 18. The van der Waals surface area contributed by atoms with Crippen LogP contribution in [0.1, 0.15) is 162 Å². The Kier molecular flexibility index (Phi) is 24.3. The van der Waals surface area contributed by atoms with Crippen molar-refractivity contribution in [2.24, 2.45) is 5.92 Å². The highest BCUT2D eigenvalue weighted by Gasteiger charge is 2.02. The van der Waals surface area contributed by atoms with Gasteiger partial charge in [-0.2, -0.15) is 0 Å². The Labute approximate surface area is 190 Å². The highest BCUT2D eigenvalue weighted by Crippen LogP contribution is 2.14. The highest BCUT2D eigenvalue weighted by molar-refractivity contribution is 5.69. The number of carbonyl (C=O) groups is 1. The molecule has 0 rings (SSSR count). The monoisotopic (exact) mass is 424 g/mol. The van der Waals surface area contributed by atoms with Crippen molar-refractivity contribution in [3.8, 4) is 0 Å². The average Bonchev–Trinajstić information content (AvgIpc) is 2.72. The fourth-order valence-corrected chi connectivity index (χ4v) is 4.08. The van der Waals surface area contributed by atoms with Crippen LogP contribution >= 0.6 is 0 Å². The van der Waals surface area contributed by atoms with Crippen molar-refractivity contribution in [1.29, 1.82) is 0 Å². The summed E-state index contributed by atoms with van der Waals surface area (Å²) < 4.78 is 5.38. The van der Waals surface area contributed by atoms with Crippen LogP contribution in [0, 0.1) is 5.92 Å². The molecule has 0 saturated heterocycles. The molecule has 0 bridgehead atoms. The molecule has 0 amide bonds. The second-order valence-corrected chi connectivity index (χ2v) is 9.87. The first-order valence-electron chi connectivity index (χ1n) is 13.8. The first-order chi connectivity index (χ1) is 14.7. The molecule has 0 N–H and O–H groups in total. The van der Waals surface area contributed by atoms with E-state index in [9.17, 15) is 4.79 Å². The van der Waals surface area contributed by atoms with E-state index in [0.717, 1.165) is 18.8 Å². The van der Waals surface area contributed by atoms with Crippen LogP contribution in [-0.2, 0) is 9.53 Å². The van der Waals surface area contributed by atoms with Gasteiger partial charge in [0.2, 0.25) is 0 Å². The van der Waals surface area contributed by atoms with Crippen LogP contribution in [-0.4, -0.2) is 12.6 Å². The van der Waals surface area contributed by atoms with Gasteiger partial charge in [-0.05, 0) is 18.8 Å². The van der Waals surface area contributed by atoms with Crippen LogP contribution in [0.15, 0.2) is 0 Å². The fraction of sp³-hybridized carbons (Fsp3) is 0.964. The number of rotatable bonds is 24. The topological polar surface area (TPSA) is 26.3 Å². The quantitative estimate of drug-likeness (QED) is 0.114. The third-order valence-electron chi connectivity index (χ3n) is 6.17. The molecule has 0 aromatic heterocycles. The molecule has 0 aliphatic heterocycles.